The summed E-state index contributed by atoms with van der Waals surface area (Å²) >= 11 is 0. The SMILES string of the molecule is N#Cc1cccc(CS(=O)(=O)NCCN2CCc3ccccc3C2)c1. The number of sulfonamides is 1. The van der Waals surface area contributed by atoms with E-state index in [1.807, 2.05) is 12.1 Å². The molecule has 0 bridgehead atoms. The van der Waals surface area contributed by atoms with Crippen LogP contribution in [0.1, 0.15) is 22.3 Å². The Morgan fingerprint density at radius 2 is 1.92 bits per heavy atom. The Morgan fingerprint density at radius 1 is 1.12 bits per heavy atom. The first kappa shape index (κ1) is 17.6. The Balaban J connectivity index is 1.50. The van der Waals surface area contributed by atoms with E-state index in [1.165, 1.54) is 11.1 Å². The molecule has 0 saturated carbocycles. The summed E-state index contributed by atoms with van der Waals surface area (Å²) in [5.74, 6) is -0.106. The van der Waals surface area contributed by atoms with Crippen molar-refractivity contribution in [3.8, 4) is 6.07 Å². The van der Waals surface area contributed by atoms with Crippen molar-refractivity contribution in [3.63, 3.8) is 0 Å². The minimum Gasteiger partial charge on any atom is -0.297 e. The Morgan fingerprint density at radius 3 is 2.72 bits per heavy atom. The van der Waals surface area contributed by atoms with Gasteiger partial charge in [-0.15, -0.1) is 0 Å². The molecular weight excluding hydrogens is 334 g/mol. The number of fused-ring (bicyclic) bond motifs is 1. The highest BCUT2D eigenvalue weighted by Gasteiger charge is 2.17. The van der Waals surface area contributed by atoms with Gasteiger partial charge in [-0.05, 0) is 35.2 Å². The van der Waals surface area contributed by atoms with Crippen LogP contribution < -0.4 is 4.72 Å². The molecule has 1 heterocycles. The molecule has 2 aromatic carbocycles. The molecule has 130 valence electrons. The van der Waals surface area contributed by atoms with Gasteiger partial charge in [-0.3, -0.25) is 4.90 Å². The smallest absolute Gasteiger partial charge is 0.215 e. The lowest BCUT2D eigenvalue weighted by Gasteiger charge is -2.28. The maximum atomic E-state index is 12.2. The van der Waals surface area contributed by atoms with Gasteiger partial charge in [-0.2, -0.15) is 5.26 Å². The molecule has 1 N–H and O–H groups in total. The van der Waals surface area contributed by atoms with Crippen molar-refractivity contribution in [1.82, 2.24) is 9.62 Å². The van der Waals surface area contributed by atoms with Crippen LogP contribution in [-0.2, 0) is 28.7 Å². The van der Waals surface area contributed by atoms with E-state index >= 15 is 0 Å². The van der Waals surface area contributed by atoms with Crippen molar-refractivity contribution < 1.29 is 8.42 Å². The first-order valence-electron chi connectivity index (χ1n) is 8.31. The predicted molar refractivity (Wildman–Crippen MR) is 97.2 cm³/mol. The molecule has 0 radical (unpaired) electrons. The molecule has 0 atom stereocenters. The molecule has 5 nitrogen and oxygen atoms in total. The molecule has 0 saturated heterocycles. The fourth-order valence-corrected chi connectivity index (χ4v) is 4.23. The van der Waals surface area contributed by atoms with Gasteiger partial charge in [0.25, 0.3) is 0 Å². The molecule has 0 unspecified atom stereocenters. The second kappa shape index (κ2) is 7.79. The van der Waals surface area contributed by atoms with Crippen LogP contribution in [0.2, 0.25) is 0 Å². The third-order valence-electron chi connectivity index (χ3n) is 4.37. The standard InChI is InChI=1S/C19H21N3O2S/c20-13-16-4-3-5-17(12-16)15-25(23,24)21-9-11-22-10-8-18-6-1-2-7-19(18)14-22/h1-7,12,21H,8-11,14-15H2. The summed E-state index contributed by atoms with van der Waals surface area (Å²) in [4.78, 5) is 2.27. The summed E-state index contributed by atoms with van der Waals surface area (Å²) in [6.45, 7) is 2.89. The molecule has 0 fully saturated rings. The molecule has 0 amide bonds. The molecule has 1 aliphatic heterocycles. The first-order valence-corrected chi connectivity index (χ1v) is 9.96. The van der Waals surface area contributed by atoms with Crippen LogP contribution in [0.25, 0.3) is 0 Å². The summed E-state index contributed by atoms with van der Waals surface area (Å²) in [5, 5.41) is 8.90. The topological polar surface area (TPSA) is 73.2 Å². The number of nitrogens with zero attached hydrogens (tertiary/aromatic N) is 2. The number of hydrogen-bond acceptors (Lipinski definition) is 4. The van der Waals surface area contributed by atoms with E-state index in [4.69, 9.17) is 5.26 Å². The average molecular weight is 355 g/mol. The van der Waals surface area contributed by atoms with Gasteiger partial charge in [-0.25, -0.2) is 13.1 Å². The van der Waals surface area contributed by atoms with Gasteiger partial charge < -0.3 is 0 Å². The number of rotatable bonds is 6. The molecule has 6 heteroatoms. The van der Waals surface area contributed by atoms with Crippen molar-refractivity contribution in [2.24, 2.45) is 0 Å². The van der Waals surface area contributed by atoms with E-state index in [1.54, 1.807) is 24.3 Å². The summed E-state index contributed by atoms with van der Waals surface area (Å²) in [6, 6.07) is 17.1. The quantitative estimate of drug-likeness (QED) is 0.861. The highest BCUT2D eigenvalue weighted by atomic mass is 32.2. The van der Waals surface area contributed by atoms with E-state index in [0.29, 0.717) is 24.2 Å². The highest BCUT2D eigenvalue weighted by Crippen LogP contribution is 2.17. The van der Waals surface area contributed by atoms with Crippen molar-refractivity contribution in [3.05, 3.63) is 70.8 Å². The first-order chi connectivity index (χ1) is 12.1. The van der Waals surface area contributed by atoms with Crippen molar-refractivity contribution in [2.75, 3.05) is 19.6 Å². The summed E-state index contributed by atoms with van der Waals surface area (Å²) < 4.78 is 27.1. The van der Waals surface area contributed by atoms with Gasteiger partial charge in [0.1, 0.15) is 0 Å². The largest absolute Gasteiger partial charge is 0.297 e. The average Bonchev–Trinajstić information content (AvgIpc) is 2.61. The summed E-state index contributed by atoms with van der Waals surface area (Å²) in [5.41, 5.74) is 3.81. The Labute approximate surface area is 149 Å². The van der Waals surface area contributed by atoms with Gasteiger partial charge in [-0.1, -0.05) is 36.4 Å². The second-order valence-electron chi connectivity index (χ2n) is 6.26. The maximum absolute atomic E-state index is 12.2. The van der Waals surface area contributed by atoms with Crippen LogP contribution in [0.4, 0.5) is 0 Å². The van der Waals surface area contributed by atoms with Crippen LogP contribution in [0, 0.1) is 11.3 Å². The summed E-state index contributed by atoms with van der Waals surface area (Å²) in [6.07, 6.45) is 1.00. The zero-order valence-electron chi connectivity index (χ0n) is 14.0. The van der Waals surface area contributed by atoms with E-state index in [2.05, 4.69) is 27.8 Å². The molecular formula is C19H21N3O2S. The Hall–Kier alpha value is -2.20. The van der Waals surface area contributed by atoms with E-state index in [0.717, 1.165) is 19.5 Å². The van der Waals surface area contributed by atoms with Gasteiger partial charge in [0.15, 0.2) is 0 Å². The van der Waals surface area contributed by atoms with Gasteiger partial charge in [0.2, 0.25) is 10.0 Å². The third-order valence-corrected chi connectivity index (χ3v) is 5.73. The fourth-order valence-electron chi connectivity index (χ4n) is 3.11. The molecule has 25 heavy (non-hydrogen) atoms. The molecule has 0 spiro atoms. The minimum absolute atomic E-state index is 0.106. The fraction of sp³-hybridized carbons (Fsp3) is 0.316. The van der Waals surface area contributed by atoms with Gasteiger partial charge >= 0.3 is 0 Å². The van der Waals surface area contributed by atoms with Crippen LogP contribution >= 0.6 is 0 Å². The van der Waals surface area contributed by atoms with E-state index < -0.39 is 10.0 Å². The second-order valence-corrected chi connectivity index (χ2v) is 8.07. The van der Waals surface area contributed by atoms with Gasteiger partial charge in [0, 0.05) is 26.2 Å². The molecule has 2 aromatic rings. The van der Waals surface area contributed by atoms with E-state index in [9.17, 15) is 8.42 Å². The zero-order chi connectivity index (χ0) is 17.7. The molecule has 0 aromatic heterocycles. The number of nitrogens with one attached hydrogen (secondary N) is 1. The lowest BCUT2D eigenvalue weighted by molar-refractivity contribution is 0.258. The Bertz CT molecular complexity index is 888. The third kappa shape index (κ3) is 4.89. The highest BCUT2D eigenvalue weighted by molar-refractivity contribution is 7.88. The number of benzene rings is 2. The lowest BCUT2D eigenvalue weighted by atomic mass is 10.0. The summed E-state index contributed by atoms with van der Waals surface area (Å²) in [7, 11) is -3.41. The van der Waals surface area contributed by atoms with Crippen molar-refractivity contribution >= 4 is 10.0 Å². The normalized spacial score (nSPS) is 14.7. The monoisotopic (exact) mass is 355 g/mol. The van der Waals surface area contributed by atoms with Crippen LogP contribution in [0.15, 0.2) is 48.5 Å². The number of hydrogen-bond donors (Lipinski definition) is 1. The van der Waals surface area contributed by atoms with Crippen molar-refractivity contribution in [1.29, 1.82) is 5.26 Å². The minimum atomic E-state index is -3.41. The molecule has 3 rings (SSSR count). The van der Waals surface area contributed by atoms with Crippen LogP contribution in [-0.4, -0.2) is 33.0 Å². The predicted octanol–water partition coefficient (Wildman–Crippen LogP) is 2.04. The van der Waals surface area contributed by atoms with Gasteiger partial charge in [0.05, 0.1) is 17.4 Å². The zero-order valence-corrected chi connectivity index (χ0v) is 14.8. The lowest BCUT2D eigenvalue weighted by Crippen LogP contribution is -2.38. The van der Waals surface area contributed by atoms with Crippen molar-refractivity contribution in [2.45, 2.75) is 18.7 Å². The Kier molecular flexibility index (Phi) is 5.49. The van der Waals surface area contributed by atoms with Crippen LogP contribution in [0.5, 0.6) is 0 Å². The molecule has 1 aliphatic rings. The van der Waals surface area contributed by atoms with Crippen LogP contribution in [0.3, 0.4) is 0 Å². The molecule has 0 aliphatic carbocycles. The van der Waals surface area contributed by atoms with E-state index in [-0.39, 0.29) is 5.75 Å². The number of nitriles is 1. The maximum Gasteiger partial charge on any atom is 0.215 e.